The number of nitrogens with zero attached hydrogens (tertiary/aromatic N) is 2. The number of hydrogen-bond donors (Lipinski definition) is 0. The van der Waals surface area contributed by atoms with E-state index < -0.39 is 11.6 Å². The summed E-state index contributed by atoms with van der Waals surface area (Å²) in [6, 6.07) is 5.12. The van der Waals surface area contributed by atoms with E-state index in [4.69, 9.17) is 8.83 Å². The number of aromatic nitrogens is 2. The average molecular weight is 322 g/mol. The van der Waals surface area contributed by atoms with Gasteiger partial charge in [0.1, 0.15) is 23.2 Å². The molecule has 0 saturated carbocycles. The van der Waals surface area contributed by atoms with Crippen molar-refractivity contribution in [3.05, 3.63) is 53.3 Å². The fraction of sp³-hybridized carbons (Fsp3) is 0.200. The first kappa shape index (κ1) is 14.8. The van der Waals surface area contributed by atoms with Crippen LogP contribution < -0.4 is 0 Å². The minimum absolute atomic E-state index is 0.204. The molecule has 0 amide bonds. The third kappa shape index (κ3) is 3.04. The second-order valence-electron chi connectivity index (χ2n) is 4.69. The molecule has 0 bridgehead atoms. The van der Waals surface area contributed by atoms with E-state index in [1.807, 2.05) is 19.9 Å². The Hall–Kier alpha value is -2.15. The molecule has 2 aromatic heterocycles. The van der Waals surface area contributed by atoms with Crippen LogP contribution in [0.2, 0.25) is 0 Å². The smallest absolute Gasteiger partial charge is 0.251 e. The van der Waals surface area contributed by atoms with Gasteiger partial charge in [0, 0.05) is 4.90 Å². The summed E-state index contributed by atoms with van der Waals surface area (Å²) in [6.07, 6.45) is 0. The zero-order valence-electron chi connectivity index (χ0n) is 11.9. The summed E-state index contributed by atoms with van der Waals surface area (Å²) >= 11 is 1.10. The predicted octanol–water partition coefficient (Wildman–Crippen LogP) is 4.52. The van der Waals surface area contributed by atoms with E-state index in [1.54, 1.807) is 0 Å². The lowest BCUT2D eigenvalue weighted by molar-refractivity contribution is 0.499. The number of thioether (sulfide) groups is 1. The maximum atomic E-state index is 13.5. The summed E-state index contributed by atoms with van der Waals surface area (Å²) in [5, 5.41) is 7.87. The zero-order chi connectivity index (χ0) is 15.7. The molecule has 3 aromatic rings. The van der Waals surface area contributed by atoms with Gasteiger partial charge in [0.2, 0.25) is 5.89 Å². The highest BCUT2D eigenvalue weighted by atomic mass is 32.2. The number of benzene rings is 1. The lowest BCUT2D eigenvalue weighted by Gasteiger charge is -2.00. The van der Waals surface area contributed by atoms with E-state index >= 15 is 0 Å². The molecule has 0 aliphatic carbocycles. The Bertz CT molecular complexity index is 814. The van der Waals surface area contributed by atoms with Crippen LogP contribution in [-0.4, -0.2) is 10.2 Å². The number of furan rings is 1. The first-order valence-corrected chi connectivity index (χ1v) is 7.49. The minimum atomic E-state index is -0.486. The predicted molar refractivity (Wildman–Crippen MR) is 77.4 cm³/mol. The monoisotopic (exact) mass is 322 g/mol. The van der Waals surface area contributed by atoms with Crippen LogP contribution in [0.3, 0.4) is 0 Å². The summed E-state index contributed by atoms with van der Waals surface area (Å²) in [5.41, 5.74) is 0.734. The molecular formula is C15H12F2N2O2S. The molecule has 0 aliphatic rings. The van der Waals surface area contributed by atoms with E-state index in [1.165, 1.54) is 0 Å². The molecule has 22 heavy (non-hydrogen) atoms. The molecule has 0 saturated heterocycles. The Kier molecular flexibility index (Phi) is 3.98. The Labute approximate surface area is 129 Å². The first-order chi connectivity index (χ1) is 10.5. The fourth-order valence-corrected chi connectivity index (χ4v) is 2.79. The molecule has 0 spiro atoms. The van der Waals surface area contributed by atoms with Gasteiger partial charge in [0.15, 0.2) is 0 Å². The van der Waals surface area contributed by atoms with Crippen molar-refractivity contribution >= 4 is 11.8 Å². The molecule has 7 heteroatoms. The second kappa shape index (κ2) is 5.92. The van der Waals surface area contributed by atoms with Crippen molar-refractivity contribution in [2.45, 2.75) is 24.5 Å². The van der Waals surface area contributed by atoms with Gasteiger partial charge in [-0.15, -0.1) is 22.0 Å². The number of hydrogen-bond acceptors (Lipinski definition) is 5. The van der Waals surface area contributed by atoms with Gasteiger partial charge in [-0.1, -0.05) is 0 Å². The van der Waals surface area contributed by atoms with Crippen LogP contribution in [0.15, 0.2) is 38.0 Å². The highest BCUT2D eigenvalue weighted by Gasteiger charge is 2.15. The fourth-order valence-electron chi connectivity index (χ4n) is 1.99. The van der Waals surface area contributed by atoms with Gasteiger partial charge < -0.3 is 8.83 Å². The Balaban J connectivity index is 1.75. The normalized spacial score (nSPS) is 11.1. The summed E-state index contributed by atoms with van der Waals surface area (Å²) in [6.45, 7) is 3.64. The van der Waals surface area contributed by atoms with Gasteiger partial charge >= 0.3 is 0 Å². The molecule has 0 fully saturated rings. The molecule has 0 unspecified atom stereocenters. The van der Waals surface area contributed by atoms with Crippen molar-refractivity contribution in [2.24, 2.45) is 0 Å². The molecule has 114 valence electrons. The summed E-state index contributed by atoms with van der Waals surface area (Å²) in [4.78, 5) is 0.204. The van der Waals surface area contributed by atoms with Crippen molar-refractivity contribution in [1.29, 1.82) is 0 Å². The molecule has 0 radical (unpaired) electrons. The highest BCUT2D eigenvalue weighted by Crippen LogP contribution is 2.29. The zero-order valence-corrected chi connectivity index (χ0v) is 12.7. The molecule has 3 rings (SSSR count). The van der Waals surface area contributed by atoms with Crippen molar-refractivity contribution in [1.82, 2.24) is 10.2 Å². The van der Waals surface area contributed by atoms with Gasteiger partial charge in [-0.05, 0) is 38.1 Å². The van der Waals surface area contributed by atoms with Gasteiger partial charge in [-0.2, -0.15) is 0 Å². The summed E-state index contributed by atoms with van der Waals surface area (Å²) in [5.74, 6) is 1.42. The van der Waals surface area contributed by atoms with Gasteiger partial charge in [-0.25, -0.2) is 8.78 Å². The molecule has 0 aliphatic heterocycles. The maximum absolute atomic E-state index is 13.5. The lowest BCUT2D eigenvalue weighted by Crippen LogP contribution is -1.86. The topological polar surface area (TPSA) is 52.1 Å². The van der Waals surface area contributed by atoms with Crippen molar-refractivity contribution < 1.29 is 17.6 Å². The summed E-state index contributed by atoms with van der Waals surface area (Å²) < 4.78 is 37.6. The van der Waals surface area contributed by atoms with Gasteiger partial charge in [0.05, 0.1) is 11.3 Å². The largest absolute Gasteiger partial charge is 0.466 e. The van der Waals surface area contributed by atoms with Crippen LogP contribution in [0, 0.1) is 25.5 Å². The summed E-state index contributed by atoms with van der Waals surface area (Å²) in [7, 11) is 0. The average Bonchev–Trinajstić information content (AvgIpc) is 3.06. The van der Waals surface area contributed by atoms with Crippen LogP contribution in [0.25, 0.3) is 11.5 Å². The van der Waals surface area contributed by atoms with Crippen LogP contribution in [0.4, 0.5) is 8.78 Å². The molecule has 1 aromatic carbocycles. The standard InChI is InChI=1S/C15H12F2N2O2S/c1-8-5-11(9(2)20-8)15-19-18-14(21-15)7-22-13-6-10(16)3-4-12(13)17/h3-6H,7H2,1-2H3. The Morgan fingerprint density at radius 3 is 2.64 bits per heavy atom. The van der Waals surface area contributed by atoms with E-state index in [0.717, 1.165) is 41.3 Å². The number of rotatable bonds is 4. The second-order valence-corrected chi connectivity index (χ2v) is 5.71. The number of aryl methyl sites for hydroxylation is 2. The third-order valence-electron chi connectivity index (χ3n) is 2.98. The van der Waals surface area contributed by atoms with Crippen LogP contribution in [0.5, 0.6) is 0 Å². The maximum Gasteiger partial charge on any atom is 0.251 e. The Morgan fingerprint density at radius 1 is 1.09 bits per heavy atom. The first-order valence-electron chi connectivity index (χ1n) is 6.50. The lowest BCUT2D eigenvalue weighted by atomic mass is 10.2. The van der Waals surface area contributed by atoms with Crippen molar-refractivity contribution in [3.8, 4) is 11.5 Å². The molecule has 4 nitrogen and oxygen atoms in total. The van der Waals surface area contributed by atoms with E-state index in [0.29, 0.717) is 17.5 Å². The van der Waals surface area contributed by atoms with Crippen molar-refractivity contribution in [2.75, 3.05) is 0 Å². The third-order valence-corrected chi connectivity index (χ3v) is 4.00. The van der Waals surface area contributed by atoms with Gasteiger partial charge in [0.25, 0.3) is 5.89 Å². The van der Waals surface area contributed by atoms with Gasteiger partial charge in [-0.3, -0.25) is 0 Å². The Morgan fingerprint density at radius 2 is 1.91 bits per heavy atom. The van der Waals surface area contributed by atoms with Crippen LogP contribution >= 0.6 is 11.8 Å². The van der Waals surface area contributed by atoms with E-state index in [9.17, 15) is 8.78 Å². The van der Waals surface area contributed by atoms with Crippen molar-refractivity contribution in [3.63, 3.8) is 0 Å². The molecule has 2 heterocycles. The quantitative estimate of drug-likeness (QED) is 0.661. The minimum Gasteiger partial charge on any atom is -0.466 e. The SMILES string of the molecule is Cc1cc(-c2nnc(CSc3cc(F)ccc3F)o2)c(C)o1. The molecule has 0 N–H and O–H groups in total. The molecular weight excluding hydrogens is 310 g/mol. The highest BCUT2D eigenvalue weighted by molar-refractivity contribution is 7.98. The number of halogens is 2. The van der Waals surface area contributed by atoms with Crippen LogP contribution in [-0.2, 0) is 5.75 Å². The van der Waals surface area contributed by atoms with E-state index in [2.05, 4.69) is 10.2 Å². The molecule has 0 atom stereocenters. The van der Waals surface area contributed by atoms with E-state index in [-0.39, 0.29) is 10.6 Å². The van der Waals surface area contributed by atoms with Crippen LogP contribution in [0.1, 0.15) is 17.4 Å².